The van der Waals surface area contributed by atoms with E-state index in [2.05, 4.69) is 9.88 Å². The van der Waals surface area contributed by atoms with E-state index in [1.54, 1.807) is 23.0 Å². The molecule has 0 aliphatic carbocycles. The summed E-state index contributed by atoms with van der Waals surface area (Å²) in [5.74, 6) is 0.646. The van der Waals surface area contributed by atoms with Gasteiger partial charge in [0, 0.05) is 43.7 Å². The van der Waals surface area contributed by atoms with E-state index in [-0.39, 0.29) is 5.56 Å². The Morgan fingerprint density at radius 2 is 1.73 bits per heavy atom. The maximum Gasteiger partial charge on any atom is 0.416 e. The number of alkyl halides is 3. The van der Waals surface area contributed by atoms with Gasteiger partial charge >= 0.3 is 6.18 Å². The lowest BCUT2D eigenvalue weighted by Crippen LogP contribution is -2.39. The third-order valence-corrected chi connectivity index (χ3v) is 5.23. The van der Waals surface area contributed by atoms with Crippen LogP contribution in [0.25, 0.3) is 11.3 Å². The smallest absolute Gasteiger partial charge is 0.342 e. The molecule has 1 aromatic carbocycles. The molecular weight excluding hydrogens is 393 g/mol. The molecule has 30 heavy (non-hydrogen) atoms. The topological polar surface area (TPSA) is 51.0 Å². The fourth-order valence-electron chi connectivity index (χ4n) is 3.68. The number of aromatic nitrogens is 3. The fourth-order valence-corrected chi connectivity index (χ4v) is 3.68. The van der Waals surface area contributed by atoms with Crippen molar-refractivity contribution in [3.63, 3.8) is 0 Å². The maximum absolute atomic E-state index is 12.7. The minimum absolute atomic E-state index is 0.0840. The third kappa shape index (κ3) is 4.37. The highest BCUT2D eigenvalue weighted by Crippen LogP contribution is 2.29. The van der Waals surface area contributed by atoms with Gasteiger partial charge in [0.2, 0.25) is 5.95 Å². The van der Waals surface area contributed by atoms with Crippen molar-refractivity contribution in [1.29, 1.82) is 0 Å². The molecule has 4 rings (SSSR count). The highest BCUT2D eigenvalue weighted by atomic mass is 19.4. The van der Waals surface area contributed by atoms with Crippen molar-refractivity contribution in [3.05, 3.63) is 76.3 Å². The van der Waals surface area contributed by atoms with Gasteiger partial charge in [0.1, 0.15) is 0 Å². The number of anilines is 1. The molecule has 0 saturated heterocycles. The lowest BCUT2D eigenvalue weighted by atomic mass is 10.1. The van der Waals surface area contributed by atoms with Crippen LogP contribution in [0, 0.1) is 0 Å². The molecule has 0 spiro atoms. The van der Waals surface area contributed by atoms with Gasteiger partial charge in [-0.3, -0.25) is 14.3 Å². The molecule has 0 fully saturated rings. The van der Waals surface area contributed by atoms with E-state index in [0.29, 0.717) is 31.2 Å². The van der Waals surface area contributed by atoms with Gasteiger partial charge in [-0.05, 0) is 49.1 Å². The first-order chi connectivity index (χ1) is 14.4. The number of aryl methyl sites for hydroxylation is 1. The second-order valence-corrected chi connectivity index (χ2v) is 7.31. The summed E-state index contributed by atoms with van der Waals surface area (Å²) in [7, 11) is 0. The number of pyridine rings is 1. The van der Waals surface area contributed by atoms with Crippen LogP contribution >= 0.6 is 0 Å². The zero-order valence-corrected chi connectivity index (χ0v) is 16.3. The van der Waals surface area contributed by atoms with Gasteiger partial charge in [-0.15, -0.1) is 0 Å². The molecule has 3 heterocycles. The average Bonchev–Trinajstić information content (AvgIpc) is 2.74. The third-order valence-electron chi connectivity index (χ3n) is 5.23. The lowest BCUT2D eigenvalue weighted by Gasteiger charge is -2.31. The monoisotopic (exact) mass is 414 g/mol. The van der Waals surface area contributed by atoms with Gasteiger partial charge < -0.3 is 4.90 Å². The van der Waals surface area contributed by atoms with Crippen molar-refractivity contribution >= 4 is 5.95 Å². The SMILES string of the molecule is O=c1cc(-c2ccncc2)nc2n1CCCN2CCCc1ccc(C(F)(F)F)cc1. The Bertz CT molecular complexity index is 1060. The van der Waals surface area contributed by atoms with Gasteiger partial charge in [0.15, 0.2) is 0 Å². The quantitative estimate of drug-likeness (QED) is 0.629. The van der Waals surface area contributed by atoms with Crippen LogP contribution in [0.1, 0.15) is 24.0 Å². The van der Waals surface area contributed by atoms with Crippen LogP contribution < -0.4 is 10.5 Å². The van der Waals surface area contributed by atoms with Crippen molar-refractivity contribution in [2.24, 2.45) is 0 Å². The number of benzene rings is 1. The molecule has 2 aromatic heterocycles. The summed E-state index contributed by atoms with van der Waals surface area (Å²) in [6, 6.07) is 10.5. The van der Waals surface area contributed by atoms with E-state index in [1.165, 1.54) is 12.1 Å². The number of hydrogen-bond acceptors (Lipinski definition) is 4. The van der Waals surface area contributed by atoms with Crippen molar-refractivity contribution in [1.82, 2.24) is 14.5 Å². The van der Waals surface area contributed by atoms with Crippen LogP contribution in [-0.2, 0) is 19.1 Å². The summed E-state index contributed by atoms with van der Waals surface area (Å²) in [6.45, 7) is 2.10. The summed E-state index contributed by atoms with van der Waals surface area (Å²) < 4.78 is 39.8. The number of halogens is 3. The molecule has 8 heteroatoms. The number of nitrogens with zero attached hydrogens (tertiary/aromatic N) is 4. The lowest BCUT2D eigenvalue weighted by molar-refractivity contribution is -0.137. The Morgan fingerprint density at radius 3 is 2.43 bits per heavy atom. The van der Waals surface area contributed by atoms with Gasteiger partial charge in [-0.25, -0.2) is 4.98 Å². The summed E-state index contributed by atoms with van der Waals surface area (Å²) >= 11 is 0. The number of hydrogen-bond donors (Lipinski definition) is 0. The highest BCUT2D eigenvalue weighted by molar-refractivity contribution is 5.59. The average molecular weight is 414 g/mol. The molecule has 156 valence electrons. The van der Waals surface area contributed by atoms with Crippen LogP contribution in [-0.4, -0.2) is 27.6 Å². The van der Waals surface area contributed by atoms with Gasteiger partial charge in [-0.2, -0.15) is 13.2 Å². The summed E-state index contributed by atoms with van der Waals surface area (Å²) in [5.41, 5.74) is 1.59. The molecule has 0 radical (unpaired) electrons. The van der Waals surface area contributed by atoms with Crippen molar-refractivity contribution in [3.8, 4) is 11.3 Å². The molecular formula is C22H21F3N4O. The van der Waals surface area contributed by atoms with Gasteiger partial charge in [-0.1, -0.05) is 12.1 Å². The minimum atomic E-state index is -4.32. The van der Waals surface area contributed by atoms with Gasteiger partial charge in [0.05, 0.1) is 11.3 Å². The molecule has 3 aromatic rings. The molecule has 0 amide bonds. The molecule has 0 saturated carbocycles. The Labute approximate surface area is 171 Å². The standard InChI is InChI=1S/C22H21F3N4O/c23-22(24,25)18-6-4-16(5-7-18)3-1-12-28-13-2-14-29-20(30)15-19(27-21(28)29)17-8-10-26-11-9-17/h4-11,15H,1-3,12-14H2. The van der Waals surface area contributed by atoms with Gasteiger partial charge in [0.25, 0.3) is 5.56 Å². The van der Waals surface area contributed by atoms with E-state index in [4.69, 9.17) is 4.98 Å². The summed E-state index contributed by atoms with van der Waals surface area (Å²) in [5, 5.41) is 0. The van der Waals surface area contributed by atoms with E-state index in [9.17, 15) is 18.0 Å². The second kappa shape index (κ2) is 8.30. The largest absolute Gasteiger partial charge is 0.416 e. The summed E-state index contributed by atoms with van der Waals surface area (Å²) in [4.78, 5) is 23.4. The predicted molar refractivity (Wildman–Crippen MR) is 108 cm³/mol. The van der Waals surface area contributed by atoms with Crippen LogP contribution in [0.4, 0.5) is 19.1 Å². The zero-order valence-electron chi connectivity index (χ0n) is 16.3. The van der Waals surface area contributed by atoms with Crippen LogP contribution in [0.5, 0.6) is 0 Å². The van der Waals surface area contributed by atoms with Crippen LogP contribution in [0.2, 0.25) is 0 Å². The van der Waals surface area contributed by atoms with Crippen molar-refractivity contribution < 1.29 is 13.2 Å². The zero-order chi connectivity index (χ0) is 21.1. The molecule has 1 aliphatic heterocycles. The number of rotatable bonds is 5. The Kier molecular flexibility index (Phi) is 5.57. The second-order valence-electron chi connectivity index (χ2n) is 7.31. The predicted octanol–water partition coefficient (Wildman–Crippen LogP) is 4.17. The van der Waals surface area contributed by atoms with Crippen molar-refractivity contribution in [2.45, 2.75) is 32.0 Å². The molecule has 0 atom stereocenters. The van der Waals surface area contributed by atoms with Crippen LogP contribution in [0.3, 0.4) is 0 Å². The van der Waals surface area contributed by atoms with Crippen molar-refractivity contribution in [2.75, 3.05) is 18.0 Å². The summed E-state index contributed by atoms with van der Waals surface area (Å²) in [6.07, 6.45) is 1.26. The van der Waals surface area contributed by atoms with E-state index in [1.807, 2.05) is 12.1 Å². The molecule has 0 unspecified atom stereocenters. The first kappa shape index (κ1) is 20.1. The van der Waals surface area contributed by atoms with E-state index < -0.39 is 11.7 Å². The fraction of sp³-hybridized carbons (Fsp3) is 0.318. The normalized spacial score (nSPS) is 13.9. The Balaban J connectivity index is 1.48. The maximum atomic E-state index is 12.7. The number of fused-ring (bicyclic) bond motifs is 1. The minimum Gasteiger partial charge on any atom is -0.342 e. The molecule has 5 nitrogen and oxygen atoms in total. The van der Waals surface area contributed by atoms with E-state index >= 15 is 0 Å². The Morgan fingerprint density at radius 1 is 1.00 bits per heavy atom. The Hall–Kier alpha value is -3.16. The first-order valence-electron chi connectivity index (χ1n) is 9.85. The van der Waals surface area contributed by atoms with Crippen LogP contribution in [0.15, 0.2) is 59.7 Å². The molecule has 0 bridgehead atoms. The molecule has 1 aliphatic rings. The van der Waals surface area contributed by atoms with E-state index in [0.717, 1.165) is 42.6 Å². The first-order valence-corrected chi connectivity index (χ1v) is 9.85. The highest BCUT2D eigenvalue weighted by Gasteiger charge is 2.29. The molecule has 0 N–H and O–H groups in total.